The van der Waals surface area contributed by atoms with Gasteiger partial charge < -0.3 is 10.5 Å². The van der Waals surface area contributed by atoms with E-state index in [1.807, 2.05) is 23.5 Å². The summed E-state index contributed by atoms with van der Waals surface area (Å²) in [6, 6.07) is 26.4. The molecule has 3 aromatic carbocycles. The van der Waals surface area contributed by atoms with E-state index in [4.69, 9.17) is 15.3 Å². The number of sulfone groups is 1. The molecule has 10 heteroatoms. The number of anilines is 1. The highest BCUT2D eigenvalue weighted by Crippen LogP contribution is 2.43. The number of thiophene rings is 1. The molecule has 290 valence electrons. The van der Waals surface area contributed by atoms with E-state index in [0.29, 0.717) is 6.61 Å². The van der Waals surface area contributed by atoms with Crippen molar-refractivity contribution in [3.8, 4) is 21.6 Å². The molecule has 56 heavy (non-hydrogen) atoms. The fourth-order valence-electron chi connectivity index (χ4n) is 8.53. The second-order valence-electron chi connectivity index (χ2n) is 15.2. The van der Waals surface area contributed by atoms with Gasteiger partial charge in [0.1, 0.15) is 0 Å². The van der Waals surface area contributed by atoms with Crippen molar-refractivity contribution in [2.45, 2.75) is 88.6 Å². The van der Waals surface area contributed by atoms with Gasteiger partial charge in [0.2, 0.25) is 5.91 Å². The Labute approximate surface area is 333 Å². The Bertz CT molecular complexity index is 2310. The Morgan fingerprint density at radius 1 is 0.821 bits per heavy atom. The standard InChI is InChI=1S/C39H39NO3S.C7H9NO3S/c41-39(27-9-1-2-10-27)40(43-38-14-5-6-23-42-38)31-12-7-11-29(25-31)36-21-22-37(44-36)30-17-18-33-28(24-30)16-20-34-32-13-4-3-8-26(32)15-19-35(33)34;8-7(9)5-6-3-1-2-4-12(6,10)11/h3-4,7-8,11-13,16,20-22,24-25,27,38H,1-2,5-6,9-10,14-15,17-19,23H2;1-4,6H,5H2,(H2,8,9). The Morgan fingerprint density at radius 2 is 1.62 bits per heavy atom. The van der Waals surface area contributed by atoms with Crippen molar-refractivity contribution in [2.24, 2.45) is 11.7 Å². The van der Waals surface area contributed by atoms with Crippen molar-refractivity contribution in [3.05, 3.63) is 124 Å². The highest BCUT2D eigenvalue weighted by atomic mass is 32.2. The van der Waals surface area contributed by atoms with E-state index < -0.39 is 21.0 Å². The van der Waals surface area contributed by atoms with Gasteiger partial charge in [-0.15, -0.1) is 11.3 Å². The molecule has 0 spiro atoms. The van der Waals surface area contributed by atoms with Crippen LogP contribution in [0.4, 0.5) is 5.69 Å². The average Bonchev–Trinajstić information content (AvgIpc) is 3.95. The van der Waals surface area contributed by atoms with Crippen LogP contribution in [0.3, 0.4) is 0 Å². The lowest BCUT2D eigenvalue weighted by Gasteiger charge is -2.31. The maximum atomic E-state index is 13.7. The number of ether oxygens (including phenoxy) is 1. The van der Waals surface area contributed by atoms with Crippen LogP contribution >= 0.6 is 11.3 Å². The van der Waals surface area contributed by atoms with Gasteiger partial charge in [0.25, 0.3) is 5.91 Å². The number of nitrogens with zero attached hydrogens (tertiary/aromatic N) is 1. The zero-order valence-corrected chi connectivity index (χ0v) is 33.2. The molecule has 2 aliphatic heterocycles. The molecule has 2 amide bonds. The molecule has 0 radical (unpaired) electrons. The normalized spacial score (nSPS) is 20.8. The van der Waals surface area contributed by atoms with E-state index in [2.05, 4.69) is 66.7 Å². The SMILES string of the molecule is NC(=O)CC1C=CC=CS1(=O)=O.O=C(C1CCCC1)N(OC1CCCCO1)c1cccc(-c2ccc(C3=Cc4ccc5c(c4CC3)CCc3ccccc3-5)s2)c1. The monoisotopic (exact) mass is 788 g/mol. The lowest BCUT2D eigenvalue weighted by molar-refractivity contribution is -0.179. The van der Waals surface area contributed by atoms with Gasteiger partial charge in [0.05, 0.1) is 10.9 Å². The number of hydrogen-bond acceptors (Lipinski definition) is 7. The predicted molar refractivity (Wildman–Crippen MR) is 224 cm³/mol. The number of carbonyl (C=O) groups is 2. The van der Waals surface area contributed by atoms with Crippen LogP contribution in [0.1, 0.15) is 84.9 Å². The topological polar surface area (TPSA) is 116 Å². The second-order valence-corrected chi connectivity index (χ2v) is 18.4. The number of carbonyl (C=O) groups excluding carboxylic acids is 2. The predicted octanol–water partition coefficient (Wildman–Crippen LogP) is 9.38. The lowest BCUT2D eigenvalue weighted by Crippen LogP contribution is -2.40. The summed E-state index contributed by atoms with van der Waals surface area (Å²) < 4.78 is 28.2. The Kier molecular flexibility index (Phi) is 11.5. The number of rotatable bonds is 8. The van der Waals surface area contributed by atoms with Crippen molar-refractivity contribution in [1.29, 1.82) is 0 Å². The molecular weight excluding hydrogens is 741 g/mol. The maximum absolute atomic E-state index is 13.7. The van der Waals surface area contributed by atoms with E-state index in [1.165, 1.54) is 49.7 Å². The molecule has 2 N–H and O–H groups in total. The van der Waals surface area contributed by atoms with Crippen LogP contribution in [0.15, 0.2) is 96.4 Å². The summed E-state index contributed by atoms with van der Waals surface area (Å²) in [4.78, 5) is 32.9. The number of fused-ring (bicyclic) bond motifs is 5. The van der Waals surface area contributed by atoms with Gasteiger partial charge >= 0.3 is 0 Å². The quantitative estimate of drug-likeness (QED) is 0.178. The van der Waals surface area contributed by atoms with Gasteiger partial charge in [-0.2, -0.15) is 5.06 Å². The third-order valence-corrected chi connectivity index (χ3v) is 14.4. The third kappa shape index (κ3) is 8.39. The third-order valence-electron chi connectivity index (χ3n) is 11.5. The molecule has 9 rings (SSSR count). The number of hydroxylamine groups is 1. The van der Waals surface area contributed by atoms with Crippen molar-refractivity contribution in [2.75, 3.05) is 11.7 Å². The molecule has 5 aliphatic rings. The summed E-state index contributed by atoms with van der Waals surface area (Å²) >= 11 is 1.84. The molecule has 2 atom stereocenters. The minimum atomic E-state index is -3.29. The zero-order chi connectivity index (χ0) is 38.6. The van der Waals surface area contributed by atoms with Gasteiger partial charge in [0.15, 0.2) is 16.1 Å². The Balaban J connectivity index is 0.000000317. The molecule has 1 saturated carbocycles. The molecule has 2 fully saturated rings. The molecule has 2 unspecified atom stereocenters. The van der Waals surface area contributed by atoms with E-state index in [9.17, 15) is 18.0 Å². The number of nitrogens with two attached hydrogens (primary N) is 1. The van der Waals surface area contributed by atoms with Crippen molar-refractivity contribution >= 4 is 50.3 Å². The van der Waals surface area contributed by atoms with E-state index in [0.717, 1.165) is 87.3 Å². The van der Waals surface area contributed by atoms with Crippen LogP contribution in [0.25, 0.3) is 33.2 Å². The van der Waals surface area contributed by atoms with Crippen LogP contribution in [0.5, 0.6) is 0 Å². The van der Waals surface area contributed by atoms with Crippen molar-refractivity contribution in [3.63, 3.8) is 0 Å². The molecule has 0 bridgehead atoms. The van der Waals surface area contributed by atoms with Crippen LogP contribution in [-0.2, 0) is 48.3 Å². The molecule has 8 nitrogen and oxygen atoms in total. The van der Waals surface area contributed by atoms with E-state index in [1.54, 1.807) is 22.3 Å². The Morgan fingerprint density at radius 3 is 2.43 bits per heavy atom. The fourth-order valence-corrected chi connectivity index (χ4v) is 10.8. The van der Waals surface area contributed by atoms with Gasteiger partial charge in [-0.05, 0) is 120 Å². The maximum Gasteiger partial charge on any atom is 0.254 e. The minimum absolute atomic E-state index is 0.0251. The lowest BCUT2D eigenvalue weighted by atomic mass is 9.78. The van der Waals surface area contributed by atoms with Gasteiger partial charge in [0, 0.05) is 40.5 Å². The smallest absolute Gasteiger partial charge is 0.254 e. The summed E-state index contributed by atoms with van der Waals surface area (Å²) in [5, 5.41) is 1.87. The first-order valence-corrected chi connectivity index (χ1v) is 22.3. The number of allylic oxidation sites excluding steroid dienone is 3. The highest BCUT2D eigenvalue weighted by Gasteiger charge is 2.32. The molecule has 4 aromatic rings. The van der Waals surface area contributed by atoms with Gasteiger partial charge in [-0.3, -0.25) is 9.59 Å². The number of primary amides is 1. The first kappa shape index (κ1) is 38.3. The number of amides is 2. The van der Waals surface area contributed by atoms with Crippen LogP contribution < -0.4 is 10.8 Å². The van der Waals surface area contributed by atoms with Crippen LogP contribution in [0, 0.1) is 5.92 Å². The highest BCUT2D eigenvalue weighted by molar-refractivity contribution is 7.95. The van der Waals surface area contributed by atoms with Crippen molar-refractivity contribution in [1.82, 2.24) is 0 Å². The largest absolute Gasteiger partial charge is 0.370 e. The van der Waals surface area contributed by atoms with Gasteiger partial charge in [-0.25, -0.2) is 13.3 Å². The Hall–Kier alpha value is -4.61. The minimum Gasteiger partial charge on any atom is -0.370 e. The van der Waals surface area contributed by atoms with Crippen molar-refractivity contribution < 1.29 is 27.6 Å². The molecule has 3 aliphatic carbocycles. The first-order valence-electron chi connectivity index (χ1n) is 19.9. The summed E-state index contributed by atoms with van der Waals surface area (Å²) in [7, 11) is -3.29. The fraction of sp³-hybridized carbons (Fsp3) is 0.348. The molecule has 1 saturated heterocycles. The van der Waals surface area contributed by atoms with E-state index in [-0.39, 0.29) is 24.5 Å². The molecular formula is C46H48N2O6S2. The number of hydrogen-bond donors (Lipinski definition) is 1. The van der Waals surface area contributed by atoms with E-state index >= 15 is 0 Å². The van der Waals surface area contributed by atoms with Crippen LogP contribution in [0.2, 0.25) is 0 Å². The summed E-state index contributed by atoms with van der Waals surface area (Å²) in [6.07, 6.45) is 17.8. The average molecular weight is 789 g/mol. The number of benzene rings is 3. The number of aryl methyl sites for hydroxylation is 1. The van der Waals surface area contributed by atoms with Crippen LogP contribution in [-0.4, -0.2) is 38.4 Å². The zero-order valence-electron chi connectivity index (χ0n) is 31.5. The molecule has 3 heterocycles. The molecule has 1 aromatic heterocycles. The summed E-state index contributed by atoms with van der Waals surface area (Å²) in [5.41, 5.74) is 17.0. The summed E-state index contributed by atoms with van der Waals surface area (Å²) in [5.74, 6) is -0.516. The second kappa shape index (κ2) is 16.9. The summed E-state index contributed by atoms with van der Waals surface area (Å²) in [6.45, 7) is 0.685. The first-order chi connectivity index (χ1) is 27.2. The van der Waals surface area contributed by atoms with Gasteiger partial charge in [-0.1, -0.05) is 85.7 Å².